The van der Waals surface area contributed by atoms with Crippen molar-refractivity contribution in [1.82, 2.24) is 9.97 Å². The van der Waals surface area contributed by atoms with Crippen LogP contribution in [0.5, 0.6) is 0 Å². The molecule has 8 nitrogen and oxygen atoms in total. The molecule has 1 aromatic rings. The summed E-state index contributed by atoms with van der Waals surface area (Å²) in [5.41, 5.74) is -0.194. The summed E-state index contributed by atoms with van der Waals surface area (Å²) in [6.45, 7) is 0.160. The molecule has 1 heterocycles. The van der Waals surface area contributed by atoms with Gasteiger partial charge in [-0.25, -0.2) is 9.97 Å². The van der Waals surface area contributed by atoms with Crippen LogP contribution in [-0.4, -0.2) is 47.2 Å². The highest BCUT2D eigenvalue weighted by Crippen LogP contribution is 2.30. The summed E-state index contributed by atoms with van der Waals surface area (Å²) in [4.78, 5) is 19.5. The standard InChI is InChI=1S/C8H13N5O3/c1-9-7-6(13(15)16)8(11-5-10-7)12(2)3-4-14/h5,14H,3-4H2,1-2H3,(H,9,10,11). The van der Waals surface area contributed by atoms with E-state index < -0.39 is 4.92 Å². The lowest BCUT2D eigenvalue weighted by molar-refractivity contribution is -0.383. The highest BCUT2D eigenvalue weighted by Gasteiger charge is 2.24. The SMILES string of the molecule is CNc1ncnc(N(C)CCO)c1[N+](=O)[O-]. The molecule has 0 aromatic carbocycles. The number of likely N-dealkylation sites (N-methyl/N-ethyl adjacent to an activating group) is 1. The number of rotatable bonds is 5. The van der Waals surface area contributed by atoms with Gasteiger partial charge >= 0.3 is 5.69 Å². The maximum Gasteiger partial charge on any atom is 0.353 e. The van der Waals surface area contributed by atoms with E-state index in [9.17, 15) is 10.1 Å². The van der Waals surface area contributed by atoms with Crippen LogP contribution in [0, 0.1) is 10.1 Å². The molecule has 0 radical (unpaired) electrons. The number of aromatic nitrogens is 2. The van der Waals surface area contributed by atoms with Crippen LogP contribution in [0.1, 0.15) is 0 Å². The van der Waals surface area contributed by atoms with Crippen molar-refractivity contribution in [2.24, 2.45) is 0 Å². The lowest BCUT2D eigenvalue weighted by Gasteiger charge is -2.16. The first kappa shape index (κ1) is 12.1. The van der Waals surface area contributed by atoms with Gasteiger partial charge in [0.1, 0.15) is 6.33 Å². The topological polar surface area (TPSA) is 104 Å². The van der Waals surface area contributed by atoms with Gasteiger partial charge in [0.2, 0.25) is 11.6 Å². The average molecular weight is 227 g/mol. The number of nitrogens with zero attached hydrogens (tertiary/aromatic N) is 4. The van der Waals surface area contributed by atoms with Gasteiger partial charge in [0.25, 0.3) is 0 Å². The molecule has 0 fully saturated rings. The fourth-order valence-electron chi connectivity index (χ4n) is 1.26. The second-order valence-electron chi connectivity index (χ2n) is 3.05. The van der Waals surface area contributed by atoms with Crippen molar-refractivity contribution in [3.8, 4) is 0 Å². The first-order valence-electron chi connectivity index (χ1n) is 4.61. The summed E-state index contributed by atoms with van der Waals surface area (Å²) in [6, 6.07) is 0. The van der Waals surface area contributed by atoms with E-state index in [2.05, 4.69) is 15.3 Å². The third-order valence-corrected chi connectivity index (χ3v) is 2.02. The van der Waals surface area contributed by atoms with Crippen LogP contribution in [0.3, 0.4) is 0 Å². The van der Waals surface area contributed by atoms with Crippen LogP contribution >= 0.6 is 0 Å². The lowest BCUT2D eigenvalue weighted by atomic mass is 10.4. The molecule has 2 N–H and O–H groups in total. The Morgan fingerprint density at radius 3 is 2.81 bits per heavy atom. The maximum atomic E-state index is 10.9. The van der Waals surface area contributed by atoms with Gasteiger partial charge < -0.3 is 15.3 Å². The first-order valence-corrected chi connectivity index (χ1v) is 4.61. The Kier molecular flexibility index (Phi) is 3.95. The van der Waals surface area contributed by atoms with Gasteiger partial charge in [-0.1, -0.05) is 0 Å². The molecule has 1 aromatic heterocycles. The third kappa shape index (κ3) is 2.34. The Morgan fingerprint density at radius 2 is 2.31 bits per heavy atom. The van der Waals surface area contributed by atoms with E-state index in [0.717, 1.165) is 0 Å². The fourth-order valence-corrected chi connectivity index (χ4v) is 1.26. The minimum absolute atomic E-state index is 0.105. The van der Waals surface area contributed by atoms with Crippen molar-refractivity contribution in [1.29, 1.82) is 0 Å². The van der Waals surface area contributed by atoms with E-state index in [0.29, 0.717) is 0 Å². The molecular formula is C8H13N5O3. The predicted octanol–water partition coefficient (Wildman–Crippen LogP) is -0.145. The Labute approximate surface area is 92.1 Å². The van der Waals surface area contributed by atoms with Gasteiger partial charge in [-0.15, -0.1) is 0 Å². The molecule has 0 aliphatic carbocycles. The molecule has 0 unspecified atom stereocenters. The lowest BCUT2D eigenvalue weighted by Crippen LogP contribution is -2.23. The molecule has 0 spiro atoms. The Hall–Kier alpha value is -1.96. The zero-order valence-electron chi connectivity index (χ0n) is 9.04. The number of nitrogens with one attached hydrogen (secondary N) is 1. The van der Waals surface area contributed by atoms with Gasteiger partial charge in [0, 0.05) is 20.6 Å². The number of hydrogen-bond acceptors (Lipinski definition) is 7. The van der Waals surface area contributed by atoms with E-state index in [1.807, 2.05) is 0 Å². The largest absolute Gasteiger partial charge is 0.395 e. The van der Waals surface area contributed by atoms with Gasteiger partial charge in [-0.2, -0.15) is 0 Å². The molecule has 8 heteroatoms. The molecule has 0 amide bonds. The minimum atomic E-state index is -0.547. The predicted molar refractivity (Wildman–Crippen MR) is 58.6 cm³/mol. The molecule has 0 atom stereocenters. The molecule has 0 aliphatic rings. The summed E-state index contributed by atoms with van der Waals surface area (Å²) in [5, 5.41) is 22.3. The Morgan fingerprint density at radius 1 is 1.62 bits per heavy atom. The number of aliphatic hydroxyl groups excluding tert-OH is 1. The molecule has 0 saturated heterocycles. The molecular weight excluding hydrogens is 214 g/mol. The van der Waals surface area contributed by atoms with E-state index in [1.54, 1.807) is 14.1 Å². The van der Waals surface area contributed by atoms with Crippen LogP contribution in [-0.2, 0) is 0 Å². The van der Waals surface area contributed by atoms with Crippen LogP contribution in [0.4, 0.5) is 17.3 Å². The van der Waals surface area contributed by atoms with E-state index in [-0.39, 0.29) is 30.5 Å². The van der Waals surface area contributed by atoms with Crippen molar-refractivity contribution in [2.75, 3.05) is 37.5 Å². The van der Waals surface area contributed by atoms with Crippen molar-refractivity contribution in [3.05, 3.63) is 16.4 Å². The first-order chi connectivity index (χ1) is 7.61. The molecule has 0 bridgehead atoms. The summed E-state index contributed by atoms with van der Waals surface area (Å²) in [5.74, 6) is 0.332. The van der Waals surface area contributed by atoms with E-state index in [1.165, 1.54) is 11.2 Å². The summed E-state index contributed by atoms with van der Waals surface area (Å²) < 4.78 is 0. The fraction of sp³-hybridized carbons (Fsp3) is 0.500. The number of nitro groups is 1. The minimum Gasteiger partial charge on any atom is -0.395 e. The third-order valence-electron chi connectivity index (χ3n) is 2.02. The van der Waals surface area contributed by atoms with Crippen molar-refractivity contribution in [3.63, 3.8) is 0 Å². The second kappa shape index (κ2) is 5.21. The Bertz CT molecular complexity index is 384. The second-order valence-corrected chi connectivity index (χ2v) is 3.05. The van der Waals surface area contributed by atoms with E-state index >= 15 is 0 Å². The highest BCUT2D eigenvalue weighted by molar-refractivity contribution is 5.69. The van der Waals surface area contributed by atoms with Crippen molar-refractivity contribution in [2.45, 2.75) is 0 Å². The van der Waals surface area contributed by atoms with Crippen LogP contribution in [0.25, 0.3) is 0 Å². The number of aliphatic hydroxyl groups is 1. The molecule has 0 saturated carbocycles. The summed E-state index contributed by atoms with van der Waals surface area (Å²) in [6.07, 6.45) is 1.24. The Balaban J connectivity index is 3.21. The van der Waals surface area contributed by atoms with E-state index in [4.69, 9.17) is 5.11 Å². The summed E-state index contributed by atoms with van der Waals surface area (Å²) in [7, 11) is 3.16. The maximum absolute atomic E-state index is 10.9. The smallest absolute Gasteiger partial charge is 0.353 e. The molecule has 1 rings (SSSR count). The van der Waals surface area contributed by atoms with Crippen molar-refractivity contribution >= 4 is 17.3 Å². The molecule has 0 aliphatic heterocycles. The highest BCUT2D eigenvalue weighted by atomic mass is 16.6. The van der Waals surface area contributed by atoms with Crippen LogP contribution in [0.15, 0.2) is 6.33 Å². The van der Waals surface area contributed by atoms with Crippen LogP contribution < -0.4 is 10.2 Å². The van der Waals surface area contributed by atoms with Gasteiger partial charge in [0.15, 0.2) is 0 Å². The zero-order chi connectivity index (χ0) is 12.1. The summed E-state index contributed by atoms with van der Waals surface area (Å²) >= 11 is 0. The zero-order valence-corrected chi connectivity index (χ0v) is 9.04. The van der Waals surface area contributed by atoms with Crippen LogP contribution in [0.2, 0.25) is 0 Å². The number of anilines is 2. The average Bonchev–Trinajstić information content (AvgIpc) is 2.28. The number of hydrogen-bond donors (Lipinski definition) is 2. The molecule has 88 valence electrons. The van der Waals surface area contributed by atoms with Gasteiger partial charge in [-0.05, 0) is 0 Å². The monoisotopic (exact) mass is 227 g/mol. The van der Waals surface area contributed by atoms with Gasteiger partial charge in [-0.3, -0.25) is 10.1 Å². The van der Waals surface area contributed by atoms with Gasteiger partial charge in [0.05, 0.1) is 11.5 Å². The van der Waals surface area contributed by atoms with Crippen molar-refractivity contribution < 1.29 is 10.0 Å². The quantitative estimate of drug-likeness (QED) is 0.532. The molecule has 16 heavy (non-hydrogen) atoms. The normalized spacial score (nSPS) is 9.94.